The number of nitrogens with zero attached hydrogens (tertiary/aromatic N) is 2. The number of hydrogen-bond donors (Lipinski definition) is 2. The highest BCUT2D eigenvalue weighted by Gasteiger charge is 2.18. The van der Waals surface area contributed by atoms with Crippen LogP contribution in [0.4, 0.5) is 45.5 Å². The Morgan fingerprint density at radius 1 is 0.377 bits per heavy atom. The van der Waals surface area contributed by atoms with Crippen molar-refractivity contribution in [2.75, 3.05) is 20.4 Å². The highest BCUT2D eigenvalue weighted by molar-refractivity contribution is 5.78. The minimum atomic E-state index is 0.224. The molecular formula is C57H54N4. The van der Waals surface area contributed by atoms with Gasteiger partial charge in [0.15, 0.2) is 0 Å². The van der Waals surface area contributed by atoms with Gasteiger partial charge in [0.1, 0.15) is 0 Å². The molecule has 0 aliphatic heterocycles. The molecule has 8 aromatic rings. The molecule has 8 aromatic carbocycles. The third kappa shape index (κ3) is 12.2. The first-order chi connectivity index (χ1) is 30.0. The normalized spacial score (nSPS) is 12.6. The Morgan fingerprint density at radius 3 is 1.31 bits per heavy atom. The van der Waals surface area contributed by atoms with Gasteiger partial charge in [-0.1, -0.05) is 140 Å². The van der Waals surface area contributed by atoms with Gasteiger partial charge in [-0.2, -0.15) is 0 Å². The summed E-state index contributed by atoms with van der Waals surface area (Å²) >= 11 is 0. The van der Waals surface area contributed by atoms with Crippen molar-refractivity contribution in [3.63, 3.8) is 0 Å². The molecule has 0 fully saturated rings. The number of aryl methyl sites for hydroxylation is 3. The van der Waals surface area contributed by atoms with Crippen molar-refractivity contribution in [1.82, 2.24) is 0 Å². The predicted molar refractivity (Wildman–Crippen MR) is 262 cm³/mol. The van der Waals surface area contributed by atoms with Gasteiger partial charge in [-0.15, -0.1) is 0 Å². The van der Waals surface area contributed by atoms with Crippen LogP contribution >= 0.6 is 0 Å². The van der Waals surface area contributed by atoms with E-state index in [1.54, 1.807) is 0 Å². The number of anilines is 8. The lowest BCUT2D eigenvalue weighted by atomic mass is 10.0. The number of para-hydroxylation sites is 3. The van der Waals surface area contributed by atoms with Crippen molar-refractivity contribution in [2.45, 2.75) is 33.2 Å². The minimum absolute atomic E-state index is 0.224. The van der Waals surface area contributed by atoms with Gasteiger partial charge < -0.3 is 20.4 Å². The van der Waals surface area contributed by atoms with E-state index in [0.29, 0.717) is 0 Å². The molecule has 2 N–H and O–H groups in total. The quantitative estimate of drug-likeness (QED) is 0.144. The fraction of sp³-hybridized carbons (Fsp3) is 0.0877. The summed E-state index contributed by atoms with van der Waals surface area (Å²) in [5.41, 5.74) is 14.1. The van der Waals surface area contributed by atoms with Gasteiger partial charge in [0.2, 0.25) is 0 Å². The fourth-order valence-electron chi connectivity index (χ4n) is 7.18. The number of rotatable bonds is 10. The Morgan fingerprint density at radius 2 is 0.803 bits per heavy atom. The Hall–Kier alpha value is -7.56. The summed E-state index contributed by atoms with van der Waals surface area (Å²) in [6.45, 7) is 6.37. The molecule has 0 aromatic heterocycles. The molecular weight excluding hydrogens is 741 g/mol. The zero-order valence-corrected chi connectivity index (χ0v) is 35.3. The molecule has 0 saturated heterocycles. The molecule has 0 amide bonds. The molecule has 61 heavy (non-hydrogen) atoms. The standard InChI is InChI=1S/C38H35N3.C13H13N.C6H6/c1-29-11-9-17-37(27-29)40(33-13-5-3-6-14-33)35-23-19-31(20-24-35)39-32-21-25-36(26-22-32)41(34-15-7-4-8-16-34)38-18-10-12-30(2)28-38;1-11-6-5-9-13(10-11)14-12-7-3-2-4-8-12;1-2-4-6-5-3-1/h3-21,23-28,32,39H,22H2,1-2H3;2-10,14H,1H3;1-6H. The lowest BCUT2D eigenvalue weighted by molar-refractivity contribution is 0.868. The summed E-state index contributed by atoms with van der Waals surface area (Å²) in [4.78, 5) is 4.63. The molecule has 0 radical (unpaired) electrons. The zero-order valence-electron chi connectivity index (χ0n) is 35.3. The van der Waals surface area contributed by atoms with E-state index in [0.717, 1.165) is 46.2 Å². The number of nitrogens with one attached hydrogen (secondary N) is 2. The molecule has 0 spiro atoms. The van der Waals surface area contributed by atoms with Gasteiger partial charge in [-0.05, 0) is 147 Å². The molecule has 4 nitrogen and oxygen atoms in total. The monoisotopic (exact) mass is 794 g/mol. The lowest BCUT2D eigenvalue weighted by Gasteiger charge is -2.29. The summed E-state index contributed by atoms with van der Waals surface area (Å²) in [5.74, 6) is 0. The molecule has 1 unspecified atom stereocenters. The molecule has 0 saturated carbocycles. The summed E-state index contributed by atoms with van der Waals surface area (Å²) in [5, 5.41) is 7.06. The van der Waals surface area contributed by atoms with Crippen molar-refractivity contribution in [3.8, 4) is 0 Å². The van der Waals surface area contributed by atoms with Crippen LogP contribution < -0.4 is 20.4 Å². The molecule has 0 bridgehead atoms. The van der Waals surface area contributed by atoms with Gasteiger partial charge in [0.05, 0.1) is 0 Å². The maximum atomic E-state index is 3.72. The largest absolute Gasteiger partial charge is 0.379 e. The van der Waals surface area contributed by atoms with Crippen LogP contribution in [0.1, 0.15) is 23.1 Å². The number of allylic oxidation sites excluding steroid dienone is 1. The van der Waals surface area contributed by atoms with Crippen LogP contribution in [0.2, 0.25) is 0 Å². The van der Waals surface area contributed by atoms with E-state index in [4.69, 9.17) is 0 Å². The van der Waals surface area contributed by atoms with Crippen LogP contribution in [0, 0.1) is 20.8 Å². The van der Waals surface area contributed by atoms with E-state index in [-0.39, 0.29) is 6.04 Å². The van der Waals surface area contributed by atoms with E-state index in [2.05, 4.69) is 229 Å². The Labute approximate surface area is 362 Å². The third-order valence-electron chi connectivity index (χ3n) is 10.1. The first-order valence-corrected chi connectivity index (χ1v) is 21.0. The van der Waals surface area contributed by atoms with E-state index in [1.807, 2.05) is 54.6 Å². The van der Waals surface area contributed by atoms with Crippen LogP contribution in [0.15, 0.2) is 248 Å². The van der Waals surface area contributed by atoms with Crippen LogP contribution in [-0.4, -0.2) is 6.04 Å². The maximum Gasteiger partial charge on any atom is 0.0483 e. The van der Waals surface area contributed by atoms with Crippen molar-refractivity contribution in [2.24, 2.45) is 0 Å². The smallest absolute Gasteiger partial charge is 0.0483 e. The van der Waals surface area contributed by atoms with Crippen molar-refractivity contribution in [3.05, 3.63) is 265 Å². The van der Waals surface area contributed by atoms with Gasteiger partial charge in [-0.3, -0.25) is 0 Å². The summed E-state index contributed by atoms with van der Waals surface area (Å²) in [6, 6.07) is 78.0. The molecule has 1 aliphatic rings. The van der Waals surface area contributed by atoms with Gasteiger partial charge in [-0.25, -0.2) is 0 Å². The summed E-state index contributed by atoms with van der Waals surface area (Å²) in [7, 11) is 0. The van der Waals surface area contributed by atoms with E-state index < -0.39 is 0 Å². The average molecular weight is 795 g/mol. The predicted octanol–water partition coefficient (Wildman–Crippen LogP) is 15.7. The van der Waals surface area contributed by atoms with E-state index in [9.17, 15) is 0 Å². The van der Waals surface area contributed by atoms with Gasteiger partial charge in [0, 0.05) is 57.2 Å². The molecule has 302 valence electrons. The van der Waals surface area contributed by atoms with Gasteiger partial charge in [0.25, 0.3) is 0 Å². The molecule has 1 atom stereocenters. The molecule has 0 heterocycles. The van der Waals surface area contributed by atoms with Crippen LogP contribution in [0.25, 0.3) is 0 Å². The molecule has 1 aliphatic carbocycles. The van der Waals surface area contributed by atoms with E-state index >= 15 is 0 Å². The Kier molecular flexibility index (Phi) is 14.6. The third-order valence-corrected chi connectivity index (χ3v) is 10.1. The minimum Gasteiger partial charge on any atom is -0.379 e. The molecule has 9 rings (SSSR count). The fourth-order valence-corrected chi connectivity index (χ4v) is 7.18. The van der Waals surface area contributed by atoms with Crippen LogP contribution in [0.3, 0.4) is 0 Å². The second-order valence-corrected chi connectivity index (χ2v) is 15.1. The van der Waals surface area contributed by atoms with Crippen molar-refractivity contribution < 1.29 is 0 Å². The second-order valence-electron chi connectivity index (χ2n) is 15.1. The van der Waals surface area contributed by atoms with Crippen LogP contribution in [-0.2, 0) is 0 Å². The topological polar surface area (TPSA) is 30.5 Å². The summed E-state index contributed by atoms with van der Waals surface area (Å²) in [6.07, 6.45) is 7.75. The van der Waals surface area contributed by atoms with Gasteiger partial charge >= 0.3 is 0 Å². The molecule has 4 heteroatoms. The SMILES string of the molecule is Cc1cccc(N(C2=CCC(Nc3ccc(N(c4ccccc4)c4cccc(C)c4)cc3)C=C2)c2ccccc2)c1.Cc1cccc(Nc2ccccc2)c1.c1ccccc1. The van der Waals surface area contributed by atoms with Crippen molar-refractivity contribution in [1.29, 1.82) is 0 Å². The second kappa shape index (κ2) is 21.4. The van der Waals surface area contributed by atoms with E-state index in [1.165, 1.54) is 28.1 Å². The maximum absolute atomic E-state index is 3.72. The highest BCUT2D eigenvalue weighted by atomic mass is 15.2. The number of hydrogen-bond acceptors (Lipinski definition) is 4. The lowest BCUT2D eigenvalue weighted by Crippen LogP contribution is -2.22. The Balaban J connectivity index is 0.000000228. The number of benzene rings is 8. The zero-order chi connectivity index (χ0) is 42.1. The van der Waals surface area contributed by atoms with Crippen LogP contribution in [0.5, 0.6) is 0 Å². The first kappa shape index (κ1) is 41.6. The van der Waals surface area contributed by atoms with Crippen molar-refractivity contribution >= 4 is 45.5 Å². The average Bonchev–Trinajstić information content (AvgIpc) is 3.30. The Bertz CT molecular complexity index is 2560. The first-order valence-electron chi connectivity index (χ1n) is 21.0. The highest BCUT2D eigenvalue weighted by Crippen LogP contribution is 2.36. The summed E-state index contributed by atoms with van der Waals surface area (Å²) < 4.78 is 0.